The lowest BCUT2D eigenvalue weighted by Crippen LogP contribution is -2.20. The Kier molecular flexibility index (Phi) is 3.82. The van der Waals surface area contributed by atoms with Crippen molar-refractivity contribution in [2.75, 3.05) is 25.9 Å². The molecule has 1 atom stereocenters. The minimum absolute atomic E-state index is 0.881. The Morgan fingerprint density at radius 2 is 2.45 bits per heavy atom. The van der Waals surface area contributed by atoms with Gasteiger partial charge in [-0.05, 0) is 30.4 Å². The molecule has 0 saturated carbocycles. The van der Waals surface area contributed by atoms with E-state index in [1.165, 1.54) is 19.5 Å². The van der Waals surface area contributed by atoms with Crippen LogP contribution in [0.1, 0.15) is 13.3 Å². The smallest absolute Gasteiger partial charge is 0.0610 e. The molecular formula is C9H15NS. The zero-order valence-electron chi connectivity index (χ0n) is 7.26. The van der Waals surface area contributed by atoms with Gasteiger partial charge in [-0.2, -0.15) is 0 Å². The van der Waals surface area contributed by atoms with Crippen molar-refractivity contribution in [1.29, 1.82) is 0 Å². The summed E-state index contributed by atoms with van der Waals surface area (Å²) in [6.07, 6.45) is 3.36. The topological polar surface area (TPSA) is 3.24 Å². The van der Waals surface area contributed by atoms with E-state index < -0.39 is 0 Å². The van der Waals surface area contributed by atoms with E-state index in [4.69, 9.17) is 0 Å². The Morgan fingerprint density at radius 1 is 1.64 bits per heavy atom. The highest BCUT2D eigenvalue weighted by atomic mass is 32.2. The maximum absolute atomic E-state index is 3.14. The number of rotatable bonds is 1. The lowest BCUT2D eigenvalue weighted by atomic mass is 10.2. The van der Waals surface area contributed by atoms with Gasteiger partial charge in [0, 0.05) is 6.54 Å². The average molecular weight is 169 g/mol. The molecule has 2 heteroatoms. The van der Waals surface area contributed by atoms with Crippen molar-refractivity contribution in [1.82, 2.24) is 4.90 Å². The molecule has 1 saturated heterocycles. The molecule has 0 aromatic heterocycles. The zero-order valence-corrected chi connectivity index (χ0v) is 8.08. The first-order valence-electron chi connectivity index (χ1n) is 4.06. The fourth-order valence-corrected chi connectivity index (χ4v) is 1.60. The van der Waals surface area contributed by atoms with Crippen LogP contribution < -0.4 is 0 Å². The van der Waals surface area contributed by atoms with Crippen LogP contribution in [0.25, 0.3) is 0 Å². The van der Waals surface area contributed by atoms with Crippen LogP contribution in [0.15, 0.2) is 0 Å². The Morgan fingerprint density at radius 3 is 3.00 bits per heavy atom. The third kappa shape index (κ3) is 3.18. The van der Waals surface area contributed by atoms with Crippen molar-refractivity contribution in [3.05, 3.63) is 0 Å². The van der Waals surface area contributed by atoms with Crippen LogP contribution in [-0.2, 0) is 0 Å². The van der Waals surface area contributed by atoms with E-state index in [1.807, 2.05) is 6.26 Å². The fourth-order valence-electron chi connectivity index (χ4n) is 1.39. The number of nitrogens with zero attached hydrogens (tertiary/aromatic N) is 1. The second kappa shape index (κ2) is 4.69. The van der Waals surface area contributed by atoms with Crippen molar-refractivity contribution in [3.8, 4) is 11.2 Å². The highest BCUT2D eigenvalue weighted by Gasteiger charge is 2.16. The Bertz CT molecular complexity index is 168. The molecule has 1 nitrogen and oxygen atoms in total. The maximum atomic E-state index is 3.14. The van der Waals surface area contributed by atoms with Crippen LogP contribution in [0.4, 0.5) is 0 Å². The van der Waals surface area contributed by atoms with E-state index in [0.717, 1.165) is 12.5 Å². The third-order valence-electron chi connectivity index (χ3n) is 1.98. The SMILES string of the molecule is CSC#CCN1CC[C@@H](C)C1. The summed E-state index contributed by atoms with van der Waals surface area (Å²) >= 11 is 1.60. The molecule has 1 fully saturated rings. The molecule has 62 valence electrons. The standard InChI is InChI=1S/C9H15NS/c1-9-4-6-10(8-9)5-3-7-11-2/h9H,4-6,8H2,1-2H3/t9-/m1/s1. The van der Waals surface area contributed by atoms with Crippen LogP contribution in [0, 0.1) is 17.1 Å². The van der Waals surface area contributed by atoms with Crippen LogP contribution in [0.5, 0.6) is 0 Å². The van der Waals surface area contributed by atoms with Gasteiger partial charge in [0.05, 0.1) is 6.54 Å². The molecule has 0 bridgehead atoms. The van der Waals surface area contributed by atoms with Gasteiger partial charge >= 0.3 is 0 Å². The predicted molar refractivity (Wildman–Crippen MR) is 51.5 cm³/mol. The van der Waals surface area contributed by atoms with Gasteiger partial charge in [-0.1, -0.05) is 24.6 Å². The molecule has 1 heterocycles. The molecule has 1 aliphatic heterocycles. The van der Waals surface area contributed by atoms with E-state index in [1.54, 1.807) is 11.8 Å². The second-order valence-corrected chi connectivity index (χ2v) is 3.72. The molecule has 0 N–H and O–H groups in total. The van der Waals surface area contributed by atoms with Gasteiger partial charge in [0.25, 0.3) is 0 Å². The van der Waals surface area contributed by atoms with E-state index >= 15 is 0 Å². The molecule has 0 aromatic carbocycles. The summed E-state index contributed by atoms with van der Waals surface area (Å²) in [5.74, 6) is 4.02. The van der Waals surface area contributed by atoms with Gasteiger partial charge in [0.2, 0.25) is 0 Å². The predicted octanol–water partition coefficient (Wildman–Crippen LogP) is 1.65. The number of likely N-dealkylation sites (tertiary alicyclic amines) is 1. The Hall–Kier alpha value is -0.130. The monoisotopic (exact) mass is 169 g/mol. The molecule has 0 unspecified atom stereocenters. The average Bonchev–Trinajstić information content (AvgIpc) is 2.37. The van der Waals surface area contributed by atoms with Crippen LogP contribution in [-0.4, -0.2) is 30.8 Å². The highest BCUT2D eigenvalue weighted by Crippen LogP contribution is 2.13. The summed E-state index contributed by atoms with van der Waals surface area (Å²) in [5.41, 5.74) is 0. The summed E-state index contributed by atoms with van der Waals surface area (Å²) in [5, 5.41) is 3.01. The first-order chi connectivity index (χ1) is 5.33. The van der Waals surface area contributed by atoms with Gasteiger partial charge in [-0.25, -0.2) is 0 Å². The van der Waals surface area contributed by atoms with Crippen molar-refractivity contribution in [2.45, 2.75) is 13.3 Å². The molecule has 11 heavy (non-hydrogen) atoms. The van der Waals surface area contributed by atoms with Crippen LogP contribution >= 0.6 is 11.8 Å². The number of hydrogen-bond donors (Lipinski definition) is 0. The Labute approximate surface area is 73.5 Å². The summed E-state index contributed by atoms with van der Waals surface area (Å²) < 4.78 is 0. The van der Waals surface area contributed by atoms with Crippen molar-refractivity contribution in [3.63, 3.8) is 0 Å². The van der Waals surface area contributed by atoms with E-state index in [2.05, 4.69) is 23.0 Å². The highest BCUT2D eigenvalue weighted by molar-refractivity contribution is 8.03. The van der Waals surface area contributed by atoms with Crippen LogP contribution in [0.2, 0.25) is 0 Å². The molecule has 0 radical (unpaired) electrons. The number of hydrogen-bond acceptors (Lipinski definition) is 2. The number of thioether (sulfide) groups is 1. The molecule has 0 spiro atoms. The van der Waals surface area contributed by atoms with Gasteiger partial charge in [-0.3, -0.25) is 4.90 Å². The van der Waals surface area contributed by atoms with Crippen LogP contribution in [0.3, 0.4) is 0 Å². The molecule has 1 aliphatic rings. The van der Waals surface area contributed by atoms with Crippen molar-refractivity contribution < 1.29 is 0 Å². The lowest BCUT2D eigenvalue weighted by molar-refractivity contribution is 0.369. The van der Waals surface area contributed by atoms with Crippen molar-refractivity contribution in [2.24, 2.45) is 5.92 Å². The van der Waals surface area contributed by atoms with E-state index in [0.29, 0.717) is 0 Å². The van der Waals surface area contributed by atoms with Gasteiger partial charge in [0.15, 0.2) is 0 Å². The minimum Gasteiger partial charge on any atom is -0.292 e. The second-order valence-electron chi connectivity index (χ2n) is 3.11. The maximum Gasteiger partial charge on any atom is 0.0610 e. The fraction of sp³-hybridized carbons (Fsp3) is 0.778. The third-order valence-corrected chi connectivity index (χ3v) is 2.33. The summed E-state index contributed by atoms with van der Waals surface area (Å²) in [6.45, 7) is 5.75. The first kappa shape index (κ1) is 8.96. The molecule has 1 rings (SSSR count). The summed E-state index contributed by atoms with van der Waals surface area (Å²) in [7, 11) is 0. The quantitative estimate of drug-likeness (QED) is 0.549. The van der Waals surface area contributed by atoms with E-state index in [-0.39, 0.29) is 0 Å². The van der Waals surface area contributed by atoms with Gasteiger partial charge in [0.1, 0.15) is 0 Å². The van der Waals surface area contributed by atoms with Crippen molar-refractivity contribution >= 4 is 11.8 Å². The Balaban J connectivity index is 2.18. The molecule has 0 amide bonds. The molecular weight excluding hydrogens is 154 g/mol. The minimum atomic E-state index is 0.881. The first-order valence-corrected chi connectivity index (χ1v) is 5.28. The lowest BCUT2D eigenvalue weighted by Gasteiger charge is -2.09. The summed E-state index contributed by atoms with van der Waals surface area (Å²) in [4.78, 5) is 2.42. The largest absolute Gasteiger partial charge is 0.292 e. The molecule has 0 aliphatic carbocycles. The zero-order chi connectivity index (χ0) is 8.10. The van der Waals surface area contributed by atoms with Gasteiger partial charge in [-0.15, -0.1) is 0 Å². The molecule has 0 aromatic rings. The normalized spacial score (nSPS) is 24.7. The van der Waals surface area contributed by atoms with E-state index in [9.17, 15) is 0 Å². The van der Waals surface area contributed by atoms with Gasteiger partial charge < -0.3 is 0 Å². The summed E-state index contributed by atoms with van der Waals surface area (Å²) in [6, 6.07) is 0.